The molecule has 1 saturated heterocycles. The molecule has 1 amide bonds. The van der Waals surface area contributed by atoms with E-state index >= 15 is 0 Å². The van der Waals surface area contributed by atoms with Crippen molar-refractivity contribution in [2.24, 2.45) is 5.92 Å². The number of nitrogens with zero attached hydrogens (tertiary/aromatic N) is 4. The summed E-state index contributed by atoms with van der Waals surface area (Å²) in [5.74, 6) is 1.46. The Labute approximate surface area is 159 Å². The molecule has 0 spiro atoms. The third kappa shape index (κ3) is 4.91. The quantitative estimate of drug-likeness (QED) is 0.778. The van der Waals surface area contributed by atoms with E-state index in [1.807, 2.05) is 11.8 Å². The molecule has 0 radical (unpaired) electrons. The third-order valence-electron chi connectivity index (χ3n) is 5.02. The van der Waals surface area contributed by atoms with Crippen molar-refractivity contribution in [1.29, 1.82) is 0 Å². The fraction of sp³-hybridized carbons (Fsp3) is 0.550. The molecule has 1 fully saturated rings. The topological polar surface area (TPSA) is 62.5 Å². The van der Waals surface area contributed by atoms with Crippen LogP contribution in [0.3, 0.4) is 0 Å². The van der Waals surface area contributed by atoms with Crippen molar-refractivity contribution in [2.75, 3.05) is 13.1 Å². The van der Waals surface area contributed by atoms with Crippen molar-refractivity contribution in [3.63, 3.8) is 0 Å². The maximum Gasteiger partial charge on any atom is 0.226 e. The van der Waals surface area contributed by atoms with Crippen LogP contribution in [-0.2, 0) is 24.3 Å². The summed E-state index contributed by atoms with van der Waals surface area (Å²) in [6.07, 6.45) is 1.16. The van der Waals surface area contributed by atoms with Crippen LogP contribution in [0.5, 0.6) is 0 Å². The van der Waals surface area contributed by atoms with E-state index in [9.17, 15) is 9.18 Å². The zero-order valence-electron chi connectivity index (χ0n) is 16.2. The Kier molecular flexibility index (Phi) is 6.21. The molecular weight excluding hydrogens is 347 g/mol. The molecule has 1 atom stereocenters. The first-order valence-electron chi connectivity index (χ1n) is 9.54. The molecule has 1 aromatic carbocycles. The lowest BCUT2D eigenvalue weighted by atomic mass is 10.0. The number of rotatable bonds is 6. The van der Waals surface area contributed by atoms with Gasteiger partial charge in [0.15, 0.2) is 5.82 Å². The van der Waals surface area contributed by atoms with Crippen LogP contribution in [0.25, 0.3) is 0 Å². The molecule has 7 heteroatoms. The molecule has 0 aliphatic carbocycles. The predicted molar refractivity (Wildman–Crippen MR) is 99.1 cm³/mol. The van der Waals surface area contributed by atoms with Gasteiger partial charge in [-0.15, -0.1) is 0 Å². The molecule has 1 aliphatic rings. The van der Waals surface area contributed by atoms with Crippen molar-refractivity contribution in [3.05, 3.63) is 47.4 Å². The first-order chi connectivity index (χ1) is 13.0. The minimum absolute atomic E-state index is 0.0719. The van der Waals surface area contributed by atoms with Crippen LogP contribution in [0.4, 0.5) is 4.39 Å². The van der Waals surface area contributed by atoms with E-state index in [1.165, 1.54) is 12.1 Å². The molecule has 0 N–H and O–H groups in total. The molecule has 0 unspecified atom stereocenters. The van der Waals surface area contributed by atoms with Gasteiger partial charge < -0.3 is 9.42 Å². The van der Waals surface area contributed by atoms with Crippen molar-refractivity contribution in [1.82, 2.24) is 19.9 Å². The normalized spacial score (nSPS) is 18.9. The highest BCUT2D eigenvalue weighted by Gasteiger charge is 2.32. The van der Waals surface area contributed by atoms with Gasteiger partial charge >= 0.3 is 0 Å². The van der Waals surface area contributed by atoms with Crippen molar-refractivity contribution in [2.45, 2.75) is 52.7 Å². The van der Waals surface area contributed by atoms with Gasteiger partial charge in [-0.2, -0.15) is 4.98 Å². The van der Waals surface area contributed by atoms with E-state index in [2.05, 4.69) is 28.9 Å². The van der Waals surface area contributed by atoms with Gasteiger partial charge in [-0.05, 0) is 23.6 Å². The number of aromatic nitrogens is 2. The van der Waals surface area contributed by atoms with Crippen molar-refractivity contribution < 1.29 is 13.7 Å². The van der Waals surface area contributed by atoms with Crippen molar-refractivity contribution >= 4 is 5.91 Å². The number of carbonyl (C=O) groups excluding carboxylic acids is 1. The van der Waals surface area contributed by atoms with E-state index in [4.69, 9.17) is 4.52 Å². The van der Waals surface area contributed by atoms with Gasteiger partial charge in [0.1, 0.15) is 5.82 Å². The molecular formula is C20H27FN4O2. The van der Waals surface area contributed by atoms with Crippen LogP contribution in [0.15, 0.2) is 28.8 Å². The molecule has 3 rings (SSSR count). The Morgan fingerprint density at radius 3 is 2.63 bits per heavy atom. The Hall–Kier alpha value is -2.28. The number of halogens is 1. The summed E-state index contributed by atoms with van der Waals surface area (Å²) in [5.41, 5.74) is 0.939. The Morgan fingerprint density at radius 2 is 2.00 bits per heavy atom. The lowest BCUT2D eigenvalue weighted by molar-refractivity contribution is -0.134. The number of benzene rings is 1. The van der Waals surface area contributed by atoms with Gasteiger partial charge in [0.2, 0.25) is 11.8 Å². The van der Waals surface area contributed by atoms with Gasteiger partial charge in [0, 0.05) is 38.5 Å². The van der Waals surface area contributed by atoms with Gasteiger partial charge in [-0.1, -0.05) is 38.1 Å². The van der Waals surface area contributed by atoms with Crippen molar-refractivity contribution in [3.8, 4) is 0 Å². The monoisotopic (exact) mass is 374 g/mol. The average molecular weight is 374 g/mol. The SMILES string of the molecule is CCc1nc(CN2CCC(=O)N(Cc3ccc(F)cc3)[C@@H](C(C)C)C2)no1. The summed E-state index contributed by atoms with van der Waals surface area (Å²) >= 11 is 0. The van der Waals surface area contributed by atoms with Crippen LogP contribution in [0.1, 0.15) is 44.5 Å². The highest BCUT2D eigenvalue weighted by atomic mass is 19.1. The van der Waals surface area contributed by atoms with E-state index in [-0.39, 0.29) is 17.8 Å². The average Bonchev–Trinajstić information content (AvgIpc) is 3.04. The van der Waals surface area contributed by atoms with Crippen LogP contribution < -0.4 is 0 Å². The fourth-order valence-electron chi connectivity index (χ4n) is 3.44. The summed E-state index contributed by atoms with van der Waals surface area (Å²) in [7, 11) is 0. The molecule has 146 valence electrons. The molecule has 0 bridgehead atoms. The van der Waals surface area contributed by atoms with E-state index in [0.717, 1.165) is 12.1 Å². The molecule has 2 heterocycles. The smallest absolute Gasteiger partial charge is 0.226 e. The number of hydrogen-bond acceptors (Lipinski definition) is 5. The largest absolute Gasteiger partial charge is 0.339 e. The number of aryl methyl sites for hydroxylation is 1. The maximum atomic E-state index is 13.2. The molecule has 1 aromatic heterocycles. The lowest BCUT2D eigenvalue weighted by Crippen LogP contribution is -2.45. The molecule has 0 saturated carbocycles. The second kappa shape index (κ2) is 8.61. The number of hydrogen-bond donors (Lipinski definition) is 0. The standard InChI is InChI=1S/C20H27FN4O2/c1-4-19-22-18(23-27-19)13-24-10-9-20(26)25(17(12-24)14(2)3)11-15-5-7-16(21)8-6-15/h5-8,14,17H,4,9-13H2,1-3H3/t17-/m1/s1. The summed E-state index contributed by atoms with van der Waals surface area (Å²) in [4.78, 5) is 21.4. The second-order valence-electron chi connectivity index (χ2n) is 7.40. The van der Waals surface area contributed by atoms with Gasteiger partial charge in [-0.3, -0.25) is 9.69 Å². The summed E-state index contributed by atoms with van der Waals surface area (Å²) in [5, 5.41) is 4.03. The second-order valence-corrected chi connectivity index (χ2v) is 7.40. The minimum Gasteiger partial charge on any atom is -0.339 e. The highest BCUT2D eigenvalue weighted by molar-refractivity contribution is 5.77. The molecule has 6 nitrogen and oxygen atoms in total. The van der Waals surface area contributed by atoms with Gasteiger partial charge in [0.25, 0.3) is 0 Å². The van der Waals surface area contributed by atoms with E-state index < -0.39 is 0 Å². The van der Waals surface area contributed by atoms with Crippen LogP contribution in [-0.4, -0.2) is 45.0 Å². The summed E-state index contributed by atoms with van der Waals surface area (Å²) in [6, 6.07) is 6.44. The lowest BCUT2D eigenvalue weighted by Gasteiger charge is -2.34. The first kappa shape index (κ1) is 19.5. The molecule has 1 aliphatic heterocycles. The zero-order chi connectivity index (χ0) is 19.4. The van der Waals surface area contributed by atoms with Crippen LogP contribution in [0.2, 0.25) is 0 Å². The van der Waals surface area contributed by atoms with E-state index in [0.29, 0.717) is 50.1 Å². The van der Waals surface area contributed by atoms with Gasteiger partial charge in [-0.25, -0.2) is 4.39 Å². The summed E-state index contributed by atoms with van der Waals surface area (Å²) < 4.78 is 18.4. The van der Waals surface area contributed by atoms with Gasteiger partial charge in [0.05, 0.1) is 6.54 Å². The Bertz CT molecular complexity index is 760. The minimum atomic E-state index is -0.265. The molecule has 27 heavy (non-hydrogen) atoms. The fourth-order valence-corrected chi connectivity index (χ4v) is 3.44. The maximum absolute atomic E-state index is 13.2. The zero-order valence-corrected chi connectivity index (χ0v) is 16.2. The summed E-state index contributed by atoms with van der Waals surface area (Å²) in [6.45, 7) is 8.72. The number of amides is 1. The Morgan fingerprint density at radius 1 is 1.26 bits per heavy atom. The molecule has 2 aromatic rings. The van der Waals surface area contributed by atoms with Crippen LogP contribution in [0, 0.1) is 11.7 Å². The van der Waals surface area contributed by atoms with E-state index in [1.54, 1.807) is 12.1 Å². The highest BCUT2D eigenvalue weighted by Crippen LogP contribution is 2.22. The van der Waals surface area contributed by atoms with Crippen LogP contribution >= 0.6 is 0 Å². The first-order valence-corrected chi connectivity index (χ1v) is 9.54. The number of carbonyl (C=O) groups is 1. The third-order valence-corrected chi connectivity index (χ3v) is 5.02. The predicted octanol–water partition coefficient (Wildman–Crippen LogP) is 3.03. The Balaban J connectivity index is 1.74.